The highest BCUT2D eigenvalue weighted by Crippen LogP contribution is 2.29. The zero-order valence-corrected chi connectivity index (χ0v) is 21.1. The Kier molecular flexibility index (Phi) is 6.37. The number of aryl methyl sites for hydroxylation is 3. The molecule has 8 heteroatoms. The Morgan fingerprint density at radius 3 is 2.25 bits per heavy atom. The fourth-order valence-electron chi connectivity index (χ4n) is 4.63. The molecule has 2 aromatic carbocycles. The predicted octanol–water partition coefficient (Wildman–Crippen LogP) is 4.47. The van der Waals surface area contributed by atoms with E-state index in [-0.39, 0.29) is 5.57 Å². The molecule has 184 valence electrons. The summed E-state index contributed by atoms with van der Waals surface area (Å²) < 4.78 is 6.85. The van der Waals surface area contributed by atoms with E-state index in [0.29, 0.717) is 16.8 Å². The van der Waals surface area contributed by atoms with E-state index in [4.69, 9.17) is 4.74 Å². The minimum Gasteiger partial charge on any atom is -0.465 e. The summed E-state index contributed by atoms with van der Waals surface area (Å²) in [7, 11) is 1.34. The van der Waals surface area contributed by atoms with Crippen LogP contribution < -0.4 is 10.2 Å². The number of barbiturate groups is 1. The molecule has 1 aromatic heterocycles. The second-order valence-corrected chi connectivity index (χ2v) is 8.91. The molecule has 0 saturated carbocycles. The number of anilines is 1. The maximum absolute atomic E-state index is 13.4. The first kappa shape index (κ1) is 24.7. The van der Waals surface area contributed by atoms with Crippen LogP contribution in [0.1, 0.15) is 44.0 Å². The normalized spacial score (nSPS) is 14.9. The molecule has 1 N–H and O–H groups in total. The van der Waals surface area contributed by atoms with E-state index >= 15 is 0 Å². The highest BCUT2D eigenvalue weighted by Gasteiger charge is 2.37. The molecule has 0 spiro atoms. The number of carbonyl (C=O) groups is 4. The smallest absolute Gasteiger partial charge is 0.338 e. The number of hydrogen-bond donors (Lipinski definition) is 1. The highest BCUT2D eigenvalue weighted by molar-refractivity contribution is 6.39. The number of aromatic nitrogens is 1. The van der Waals surface area contributed by atoms with Crippen LogP contribution in [-0.2, 0) is 14.3 Å². The number of methoxy groups -OCH3 is 1. The lowest BCUT2D eigenvalue weighted by atomic mass is 10.1. The van der Waals surface area contributed by atoms with Crippen molar-refractivity contribution in [2.45, 2.75) is 34.6 Å². The fraction of sp³-hybridized carbons (Fsp3) is 0.214. The van der Waals surface area contributed by atoms with Gasteiger partial charge >= 0.3 is 12.0 Å². The number of carbonyl (C=O) groups excluding carboxylic acids is 4. The lowest BCUT2D eigenvalue weighted by Crippen LogP contribution is -2.54. The van der Waals surface area contributed by atoms with Gasteiger partial charge in [0.2, 0.25) is 0 Å². The Morgan fingerprint density at radius 2 is 1.61 bits per heavy atom. The van der Waals surface area contributed by atoms with Crippen molar-refractivity contribution < 1.29 is 23.9 Å². The largest absolute Gasteiger partial charge is 0.465 e. The molecule has 1 aliphatic rings. The quantitative estimate of drug-likeness (QED) is 0.334. The molecule has 0 atom stereocenters. The lowest BCUT2D eigenvalue weighted by molar-refractivity contribution is -0.122. The summed E-state index contributed by atoms with van der Waals surface area (Å²) in [5, 5.41) is 2.28. The van der Waals surface area contributed by atoms with E-state index in [1.165, 1.54) is 13.2 Å². The third-order valence-electron chi connectivity index (χ3n) is 6.29. The van der Waals surface area contributed by atoms with Gasteiger partial charge in [-0.1, -0.05) is 12.1 Å². The Labute approximate surface area is 209 Å². The number of nitrogens with one attached hydrogen (secondary N) is 1. The van der Waals surface area contributed by atoms with Crippen molar-refractivity contribution >= 4 is 35.6 Å². The SMILES string of the molecule is COC(=O)c1cccc(-n2c(C)cc(/C=C3\C(=O)NC(=O)N(c4cc(C)cc(C)c4)C3=O)c2C)c1C. The third kappa shape index (κ3) is 4.22. The van der Waals surface area contributed by atoms with Gasteiger partial charge in [0.15, 0.2) is 0 Å². The van der Waals surface area contributed by atoms with Crippen LogP contribution in [0.25, 0.3) is 11.8 Å². The van der Waals surface area contributed by atoms with E-state index in [1.807, 2.05) is 57.4 Å². The number of esters is 1. The zero-order chi connectivity index (χ0) is 26.3. The Morgan fingerprint density at radius 1 is 0.944 bits per heavy atom. The molecule has 0 aliphatic carbocycles. The zero-order valence-electron chi connectivity index (χ0n) is 21.1. The maximum atomic E-state index is 13.4. The number of rotatable bonds is 4. The average molecular weight is 486 g/mol. The van der Waals surface area contributed by atoms with Crippen LogP contribution in [0.4, 0.5) is 10.5 Å². The molecule has 0 radical (unpaired) electrons. The first-order valence-corrected chi connectivity index (χ1v) is 11.4. The van der Waals surface area contributed by atoms with Crippen molar-refractivity contribution in [1.29, 1.82) is 0 Å². The minimum absolute atomic E-state index is 0.144. The van der Waals surface area contributed by atoms with Crippen molar-refractivity contribution in [3.05, 3.63) is 87.2 Å². The van der Waals surface area contributed by atoms with Crippen molar-refractivity contribution in [3.63, 3.8) is 0 Å². The molecule has 1 fully saturated rings. The fourth-order valence-corrected chi connectivity index (χ4v) is 4.63. The van der Waals surface area contributed by atoms with Gasteiger partial charge in [-0.2, -0.15) is 0 Å². The average Bonchev–Trinajstić information content (AvgIpc) is 3.08. The summed E-state index contributed by atoms with van der Waals surface area (Å²) in [6.45, 7) is 9.34. The highest BCUT2D eigenvalue weighted by atomic mass is 16.5. The van der Waals surface area contributed by atoms with Gasteiger partial charge < -0.3 is 9.30 Å². The molecule has 3 aromatic rings. The molecule has 36 heavy (non-hydrogen) atoms. The number of benzene rings is 2. The maximum Gasteiger partial charge on any atom is 0.338 e. The molecule has 0 bridgehead atoms. The lowest BCUT2D eigenvalue weighted by Gasteiger charge is -2.27. The van der Waals surface area contributed by atoms with Crippen molar-refractivity contribution in [1.82, 2.24) is 9.88 Å². The van der Waals surface area contributed by atoms with Gasteiger partial charge in [0.25, 0.3) is 11.8 Å². The van der Waals surface area contributed by atoms with Crippen LogP contribution in [-0.4, -0.2) is 35.5 Å². The number of imide groups is 2. The van der Waals surface area contributed by atoms with Gasteiger partial charge in [0, 0.05) is 17.1 Å². The Hall–Kier alpha value is -4.46. The molecule has 1 aliphatic heterocycles. The summed E-state index contributed by atoms with van der Waals surface area (Å²) in [4.78, 5) is 51.8. The monoisotopic (exact) mass is 485 g/mol. The van der Waals surface area contributed by atoms with Crippen LogP contribution in [0.2, 0.25) is 0 Å². The molecule has 1 saturated heterocycles. The Bertz CT molecular complexity index is 1460. The summed E-state index contributed by atoms with van der Waals surface area (Å²) in [6.07, 6.45) is 1.50. The molecule has 4 amide bonds. The van der Waals surface area contributed by atoms with Crippen molar-refractivity contribution in [2.24, 2.45) is 0 Å². The van der Waals surface area contributed by atoms with E-state index in [9.17, 15) is 19.2 Å². The van der Waals surface area contributed by atoms with Crippen molar-refractivity contribution in [3.8, 4) is 5.69 Å². The summed E-state index contributed by atoms with van der Waals surface area (Å²) in [6, 6.07) is 11.8. The first-order valence-electron chi connectivity index (χ1n) is 11.4. The van der Waals surface area contributed by atoms with Gasteiger partial charge in [-0.25, -0.2) is 14.5 Å². The van der Waals surface area contributed by atoms with Gasteiger partial charge in [-0.3, -0.25) is 14.9 Å². The third-order valence-corrected chi connectivity index (χ3v) is 6.29. The van der Waals surface area contributed by atoms with Crippen LogP contribution in [0.5, 0.6) is 0 Å². The molecule has 0 unspecified atom stereocenters. The van der Waals surface area contributed by atoms with Gasteiger partial charge in [-0.05, 0) is 93.3 Å². The molecule has 8 nitrogen and oxygen atoms in total. The summed E-state index contributed by atoms with van der Waals surface area (Å²) in [5.41, 5.74) is 6.25. The van der Waals surface area contributed by atoms with E-state index in [0.717, 1.165) is 38.7 Å². The van der Waals surface area contributed by atoms with Crippen LogP contribution >= 0.6 is 0 Å². The second kappa shape index (κ2) is 9.30. The van der Waals surface area contributed by atoms with Gasteiger partial charge in [0.1, 0.15) is 5.57 Å². The first-order chi connectivity index (χ1) is 17.0. The predicted molar refractivity (Wildman–Crippen MR) is 136 cm³/mol. The van der Waals surface area contributed by atoms with E-state index < -0.39 is 23.8 Å². The number of amides is 4. The van der Waals surface area contributed by atoms with Crippen LogP contribution in [0.15, 0.2) is 48.0 Å². The number of ether oxygens (including phenoxy) is 1. The standard InChI is InChI=1S/C28H27N3O5/c1-15-10-16(2)12-21(11-15)31-26(33)23(25(32)29-28(31)35)14-20-13-17(3)30(19(20)5)24-9-7-8-22(18(24)4)27(34)36-6/h7-14H,1-6H3,(H,29,32,35)/b23-14+. The van der Waals surface area contributed by atoms with Crippen LogP contribution in [0.3, 0.4) is 0 Å². The van der Waals surface area contributed by atoms with E-state index in [1.54, 1.807) is 24.3 Å². The molecule has 4 rings (SSSR count). The minimum atomic E-state index is -0.784. The van der Waals surface area contributed by atoms with E-state index in [2.05, 4.69) is 5.32 Å². The number of nitrogens with zero attached hydrogens (tertiary/aromatic N) is 2. The molecule has 2 heterocycles. The second-order valence-electron chi connectivity index (χ2n) is 8.91. The number of hydrogen-bond acceptors (Lipinski definition) is 5. The topological polar surface area (TPSA) is 97.7 Å². The number of urea groups is 1. The molecular weight excluding hydrogens is 458 g/mol. The summed E-state index contributed by atoms with van der Waals surface area (Å²) in [5.74, 6) is -1.87. The van der Waals surface area contributed by atoms with Gasteiger partial charge in [0.05, 0.1) is 18.4 Å². The van der Waals surface area contributed by atoms with Crippen molar-refractivity contribution in [2.75, 3.05) is 12.0 Å². The summed E-state index contributed by atoms with van der Waals surface area (Å²) >= 11 is 0. The van der Waals surface area contributed by atoms with Crippen LogP contribution in [0, 0.1) is 34.6 Å². The van der Waals surface area contributed by atoms with Gasteiger partial charge in [-0.15, -0.1) is 0 Å². The molecular formula is C28H27N3O5. The Balaban J connectivity index is 1.80.